The molecule has 0 saturated heterocycles. The van der Waals surface area contributed by atoms with Crippen molar-refractivity contribution in [3.63, 3.8) is 0 Å². The van der Waals surface area contributed by atoms with Crippen molar-refractivity contribution in [1.82, 2.24) is 0 Å². The van der Waals surface area contributed by atoms with Crippen LogP contribution < -0.4 is 0 Å². The average Bonchev–Trinajstić information content (AvgIpc) is 3.13. The van der Waals surface area contributed by atoms with Crippen molar-refractivity contribution in [3.8, 4) is 0 Å². The van der Waals surface area contributed by atoms with E-state index in [1.54, 1.807) is 0 Å². The molecular formula is C35H56O4. The maximum Gasteiger partial charge on any atom is 0.306 e. The molecule has 4 nitrogen and oxygen atoms in total. The van der Waals surface area contributed by atoms with Crippen molar-refractivity contribution in [2.75, 3.05) is 0 Å². The lowest BCUT2D eigenvalue weighted by Crippen LogP contribution is -2.42. The molecule has 0 unspecified atom stereocenters. The molecule has 4 heteroatoms. The molecule has 1 saturated carbocycles. The first kappa shape index (κ1) is 33.1. The van der Waals surface area contributed by atoms with Crippen molar-refractivity contribution < 1.29 is 19.1 Å². The van der Waals surface area contributed by atoms with Crippen LogP contribution in [0.2, 0.25) is 0 Å². The summed E-state index contributed by atoms with van der Waals surface area (Å²) < 4.78 is 11.8. The molecule has 39 heavy (non-hydrogen) atoms. The Morgan fingerprint density at radius 3 is 2.26 bits per heavy atom. The first-order valence-corrected chi connectivity index (χ1v) is 15.7. The van der Waals surface area contributed by atoms with Gasteiger partial charge in [0.05, 0.1) is 0 Å². The fraction of sp³-hybridized carbons (Fsp3) is 0.714. The van der Waals surface area contributed by atoms with Crippen LogP contribution in [0.25, 0.3) is 0 Å². The lowest BCUT2D eigenvalue weighted by molar-refractivity contribution is -0.150. The molecule has 0 amide bonds. The lowest BCUT2D eigenvalue weighted by atomic mass is 9.62. The minimum atomic E-state index is -0.238. The Morgan fingerprint density at radius 2 is 1.62 bits per heavy atom. The van der Waals surface area contributed by atoms with Gasteiger partial charge in [0, 0.05) is 19.3 Å². The number of ether oxygens (including phenoxy) is 2. The summed E-state index contributed by atoms with van der Waals surface area (Å²) in [6, 6.07) is 0. The summed E-state index contributed by atoms with van der Waals surface area (Å²) in [6.07, 6.45) is 26.9. The third-order valence-electron chi connectivity index (χ3n) is 8.89. The maximum atomic E-state index is 12.7. The van der Waals surface area contributed by atoms with Crippen molar-refractivity contribution in [3.05, 3.63) is 48.1 Å². The molecule has 1 fully saturated rings. The zero-order valence-corrected chi connectivity index (χ0v) is 25.6. The Kier molecular flexibility index (Phi) is 14.9. The summed E-state index contributed by atoms with van der Waals surface area (Å²) in [5.41, 5.74) is 2.10. The molecule has 0 aromatic rings. The molecule has 2 aliphatic carbocycles. The van der Waals surface area contributed by atoms with Crippen LogP contribution in [0.3, 0.4) is 0 Å². The Labute approximate surface area is 239 Å². The fourth-order valence-corrected chi connectivity index (χ4v) is 6.69. The molecule has 220 valence electrons. The number of rotatable bonds is 17. The summed E-state index contributed by atoms with van der Waals surface area (Å²) >= 11 is 0. The highest BCUT2D eigenvalue weighted by Gasteiger charge is 2.56. The standard InChI is InChI=1S/C35H56O4/c1-7-8-9-10-11-12-13-14-15-16-17-18-19-20-21-22-33(37)39-32-26-35(24-23-28(32)4)29(5)25-31(38-30(6)36)34(35)27(2)3/h11-12,14-15,23,29,31-32,34H,2,7-10,13,16-22,24-26H2,1,3-6H3/t29-,31+,32-,34-,35-/m0/s1. The molecule has 0 aliphatic heterocycles. The Hall–Kier alpha value is -2.10. The van der Waals surface area contributed by atoms with Crippen LogP contribution in [-0.4, -0.2) is 24.1 Å². The van der Waals surface area contributed by atoms with Gasteiger partial charge in [-0.1, -0.05) is 88.5 Å². The van der Waals surface area contributed by atoms with Crippen molar-refractivity contribution in [2.24, 2.45) is 17.3 Å². The summed E-state index contributed by atoms with van der Waals surface area (Å²) in [6.45, 7) is 14.3. The van der Waals surface area contributed by atoms with Gasteiger partial charge in [-0.3, -0.25) is 9.59 Å². The highest BCUT2D eigenvalue weighted by Crippen LogP contribution is 2.58. The van der Waals surface area contributed by atoms with Gasteiger partial charge < -0.3 is 9.47 Å². The van der Waals surface area contributed by atoms with E-state index in [1.165, 1.54) is 51.9 Å². The number of carbonyl (C=O) groups excluding carboxylic acids is 2. The predicted octanol–water partition coefficient (Wildman–Crippen LogP) is 9.60. The van der Waals surface area contributed by atoms with E-state index in [0.29, 0.717) is 12.3 Å². The minimum Gasteiger partial charge on any atom is -0.462 e. The normalized spacial score (nSPS) is 26.8. The Balaban J connectivity index is 1.68. The molecule has 2 aliphatic rings. The third-order valence-corrected chi connectivity index (χ3v) is 8.89. The zero-order chi connectivity index (χ0) is 28.7. The van der Waals surface area contributed by atoms with E-state index < -0.39 is 0 Å². The second kappa shape index (κ2) is 17.6. The molecule has 1 spiro atoms. The lowest BCUT2D eigenvalue weighted by Gasteiger charge is -2.44. The number of carbonyl (C=O) groups is 2. The molecule has 0 N–H and O–H groups in total. The summed E-state index contributed by atoms with van der Waals surface area (Å²) in [5.74, 6) is 0.114. The van der Waals surface area contributed by atoms with Gasteiger partial charge in [0.1, 0.15) is 12.2 Å². The van der Waals surface area contributed by atoms with E-state index in [0.717, 1.165) is 56.1 Å². The highest BCUT2D eigenvalue weighted by atomic mass is 16.5. The van der Waals surface area contributed by atoms with Crippen LogP contribution in [-0.2, 0) is 19.1 Å². The monoisotopic (exact) mass is 540 g/mol. The van der Waals surface area contributed by atoms with Crippen LogP contribution in [0.1, 0.15) is 131 Å². The number of allylic oxidation sites excluding steroid dienone is 5. The van der Waals surface area contributed by atoms with E-state index in [2.05, 4.69) is 57.7 Å². The van der Waals surface area contributed by atoms with Crippen LogP contribution in [0.5, 0.6) is 0 Å². The van der Waals surface area contributed by atoms with Crippen LogP contribution in [0, 0.1) is 17.3 Å². The fourth-order valence-electron chi connectivity index (χ4n) is 6.69. The molecule has 5 atom stereocenters. The van der Waals surface area contributed by atoms with Crippen molar-refractivity contribution in [2.45, 2.75) is 143 Å². The van der Waals surface area contributed by atoms with E-state index in [4.69, 9.17) is 9.47 Å². The number of esters is 2. The zero-order valence-electron chi connectivity index (χ0n) is 25.6. The molecule has 0 heterocycles. The predicted molar refractivity (Wildman–Crippen MR) is 162 cm³/mol. The molecule has 0 radical (unpaired) electrons. The van der Waals surface area contributed by atoms with Crippen LogP contribution >= 0.6 is 0 Å². The van der Waals surface area contributed by atoms with Gasteiger partial charge in [0.2, 0.25) is 0 Å². The maximum absolute atomic E-state index is 12.7. The van der Waals surface area contributed by atoms with Gasteiger partial charge in [0.15, 0.2) is 0 Å². The van der Waals surface area contributed by atoms with Gasteiger partial charge in [-0.2, -0.15) is 0 Å². The Morgan fingerprint density at radius 1 is 0.974 bits per heavy atom. The third kappa shape index (κ3) is 10.8. The van der Waals surface area contributed by atoms with Gasteiger partial charge >= 0.3 is 11.9 Å². The van der Waals surface area contributed by atoms with Crippen molar-refractivity contribution in [1.29, 1.82) is 0 Å². The summed E-state index contributed by atoms with van der Waals surface area (Å²) in [4.78, 5) is 24.5. The average molecular weight is 541 g/mol. The highest BCUT2D eigenvalue weighted by molar-refractivity contribution is 5.69. The largest absolute Gasteiger partial charge is 0.462 e. The SMILES string of the molecule is C=C(C)[C@H]1[C@H](OC(C)=O)C[C@H](C)[C@@]12CC=C(C)[C@@H](OC(=O)CCCCCCCC=CCC=CCCCCC)C2. The number of hydrogen-bond acceptors (Lipinski definition) is 4. The molecule has 0 aromatic heterocycles. The van der Waals surface area contributed by atoms with Gasteiger partial charge in [-0.25, -0.2) is 0 Å². The number of hydrogen-bond donors (Lipinski definition) is 0. The van der Waals surface area contributed by atoms with E-state index >= 15 is 0 Å². The van der Waals surface area contributed by atoms with E-state index in [1.807, 2.05) is 6.92 Å². The van der Waals surface area contributed by atoms with Crippen LogP contribution in [0.4, 0.5) is 0 Å². The quantitative estimate of drug-likeness (QED) is 0.105. The smallest absolute Gasteiger partial charge is 0.306 e. The number of unbranched alkanes of at least 4 members (excludes halogenated alkanes) is 8. The first-order chi connectivity index (χ1) is 18.7. The molecular weight excluding hydrogens is 484 g/mol. The molecule has 0 bridgehead atoms. The summed E-state index contributed by atoms with van der Waals surface area (Å²) in [7, 11) is 0. The minimum absolute atomic E-state index is 0.0869. The van der Waals surface area contributed by atoms with Gasteiger partial charge in [-0.15, -0.1) is 0 Å². The van der Waals surface area contributed by atoms with Gasteiger partial charge in [-0.05, 0) is 88.5 Å². The second-order valence-electron chi connectivity index (χ2n) is 12.2. The second-order valence-corrected chi connectivity index (χ2v) is 12.2. The van der Waals surface area contributed by atoms with E-state index in [9.17, 15) is 9.59 Å². The van der Waals surface area contributed by atoms with Crippen molar-refractivity contribution >= 4 is 11.9 Å². The summed E-state index contributed by atoms with van der Waals surface area (Å²) in [5, 5.41) is 0. The molecule has 2 rings (SSSR count). The van der Waals surface area contributed by atoms with Gasteiger partial charge in [0.25, 0.3) is 0 Å². The first-order valence-electron chi connectivity index (χ1n) is 15.7. The Bertz CT molecular complexity index is 866. The topological polar surface area (TPSA) is 52.6 Å². The van der Waals surface area contributed by atoms with Crippen LogP contribution in [0.15, 0.2) is 48.1 Å². The molecule has 0 aromatic carbocycles. The van der Waals surface area contributed by atoms with E-state index in [-0.39, 0.29) is 35.5 Å².